The third-order valence-corrected chi connectivity index (χ3v) is 3.26. The van der Waals surface area contributed by atoms with E-state index >= 15 is 0 Å². The predicted molar refractivity (Wildman–Crippen MR) is 71.8 cm³/mol. The molecule has 0 aromatic heterocycles. The van der Waals surface area contributed by atoms with Crippen LogP contribution in [0, 0.1) is 11.8 Å². The molecule has 102 valence electrons. The van der Waals surface area contributed by atoms with E-state index in [2.05, 4.69) is 17.6 Å². The summed E-state index contributed by atoms with van der Waals surface area (Å²) in [6.07, 6.45) is 0.952. The van der Waals surface area contributed by atoms with E-state index in [0.717, 1.165) is 6.42 Å². The molecule has 0 aliphatic heterocycles. The fraction of sp³-hybridized carbons (Fsp3) is 0.429. The van der Waals surface area contributed by atoms with E-state index in [1.54, 1.807) is 24.3 Å². The summed E-state index contributed by atoms with van der Waals surface area (Å²) >= 11 is 0. The average molecular weight is 262 g/mol. The van der Waals surface area contributed by atoms with Gasteiger partial charge in [0.2, 0.25) is 5.91 Å². The normalized spacial score (nSPS) is 20.7. The number of amides is 2. The number of aliphatic hydroxyl groups excluding tert-OH is 1. The predicted octanol–water partition coefficient (Wildman–Crippen LogP) is 1.00. The second kappa shape index (κ2) is 5.84. The molecule has 19 heavy (non-hydrogen) atoms. The SMILES string of the molecule is CC1CC1C(=O)Nc1ccc(C(=O)NCCO)cc1. The van der Waals surface area contributed by atoms with Gasteiger partial charge < -0.3 is 15.7 Å². The lowest BCUT2D eigenvalue weighted by atomic mass is 10.2. The summed E-state index contributed by atoms with van der Waals surface area (Å²) in [4.78, 5) is 23.3. The molecule has 5 heteroatoms. The Morgan fingerprint density at radius 1 is 1.32 bits per heavy atom. The molecule has 1 aromatic rings. The molecule has 2 atom stereocenters. The molecule has 2 unspecified atom stereocenters. The summed E-state index contributed by atoms with van der Waals surface area (Å²) in [6.45, 7) is 2.20. The molecule has 0 bridgehead atoms. The molecular weight excluding hydrogens is 244 g/mol. The van der Waals surface area contributed by atoms with Gasteiger partial charge in [0.15, 0.2) is 0 Å². The Hall–Kier alpha value is -1.88. The summed E-state index contributed by atoms with van der Waals surface area (Å²) in [5.41, 5.74) is 1.20. The molecule has 1 saturated carbocycles. The number of hydrogen-bond donors (Lipinski definition) is 3. The van der Waals surface area contributed by atoms with Crippen molar-refractivity contribution in [3.05, 3.63) is 29.8 Å². The molecule has 2 rings (SSSR count). The largest absolute Gasteiger partial charge is 0.395 e. The topological polar surface area (TPSA) is 78.4 Å². The van der Waals surface area contributed by atoms with Crippen molar-refractivity contribution in [2.24, 2.45) is 11.8 Å². The highest BCUT2D eigenvalue weighted by Gasteiger charge is 2.38. The molecule has 5 nitrogen and oxygen atoms in total. The Morgan fingerprint density at radius 3 is 2.47 bits per heavy atom. The number of anilines is 1. The third-order valence-electron chi connectivity index (χ3n) is 3.26. The Kier molecular flexibility index (Phi) is 4.16. The van der Waals surface area contributed by atoms with Crippen molar-refractivity contribution in [1.82, 2.24) is 5.32 Å². The molecule has 2 amide bonds. The van der Waals surface area contributed by atoms with E-state index in [4.69, 9.17) is 5.11 Å². The summed E-state index contributed by atoms with van der Waals surface area (Å²) in [5, 5.41) is 14.0. The number of aliphatic hydroxyl groups is 1. The minimum absolute atomic E-state index is 0.0463. The van der Waals surface area contributed by atoms with E-state index in [1.165, 1.54) is 0 Å². The molecule has 1 aliphatic rings. The van der Waals surface area contributed by atoms with Gasteiger partial charge >= 0.3 is 0 Å². The number of carbonyl (C=O) groups is 2. The molecule has 0 heterocycles. The minimum Gasteiger partial charge on any atom is -0.395 e. The summed E-state index contributed by atoms with van der Waals surface area (Å²) in [6, 6.07) is 6.72. The third kappa shape index (κ3) is 3.54. The van der Waals surface area contributed by atoms with Crippen LogP contribution in [-0.4, -0.2) is 30.1 Å². The van der Waals surface area contributed by atoms with Gasteiger partial charge in [-0.2, -0.15) is 0 Å². The van der Waals surface area contributed by atoms with Crippen molar-refractivity contribution in [3.8, 4) is 0 Å². The molecule has 1 fully saturated rings. The van der Waals surface area contributed by atoms with Crippen molar-refractivity contribution >= 4 is 17.5 Å². The average Bonchev–Trinajstić information content (AvgIpc) is 3.14. The van der Waals surface area contributed by atoms with Gasteiger partial charge in [0.05, 0.1) is 6.61 Å². The zero-order chi connectivity index (χ0) is 13.8. The van der Waals surface area contributed by atoms with Gasteiger partial charge in [-0.05, 0) is 36.6 Å². The maximum atomic E-state index is 11.7. The highest BCUT2D eigenvalue weighted by molar-refractivity contribution is 5.96. The molecular formula is C14H18N2O3. The van der Waals surface area contributed by atoms with Crippen LogP contribution in [0.25, 0.3) is 0 Å². The molecule has 3 N–H and O–H groups in total. The first-order chi connectivity index (χ1) is 9.11. The zero-order valence-electron chi connectivity index (χ0n) is 10.8. The van der Waals surface area contributed by atoms with Crippen LogP contribution >= 0.6 is 0 Å². The lowest BCUT2D eigenvalue weighted by Gasteiger charge is -2.06. The standard InChI is InChI=1S/C14H18N2O3/c1-9-8-12(9)14(19)16-11-4-2-10(3-5-11)13(18)15-6-7-17/h2-5,9,12,17H,6-8H2,1H3,(H,15,18)(H,16,19). The van der Waals surface area contributed by atoms with Crippen LogP contribution in [0.4, 0.5) is 5.69 Å². The molecule has 1 aliphatic carbocycles. The van der Waals surface area contributed by atoms with Crippen LogP contribution < -0.4 is 10.6 Å². The van der Waals surface area contributed by atoms with Gasteiger partial charge in [0.1, 0.15) is 0 Å². The van der Waals surface area contributed by atoms with Crippen LogP contribution in [0.3, 0.4) is 0 Å². The van der Waals surface area contributed by atoms with Gasteiger partial charge in [-0.15, -0.1) is 0 Å². The maximum absolute atomic E-state index is 11.7. The van der Waals surface area contributed by atoms with Crippen LogP contribution in [0.1, 0.15) is 23.7 Å². The van der Waals surface area contributed by atoms with Crippen molar-refractivity contribution in [2.75, 3.05) is 18.5 Å². The second-order valence-corrected chi connectivity index (χ2v) is 4.87. The number of rotatable bonds is 5. The first-order valence-electron chi connectivity index (χ1n) is 6.42. The van der Waals surface area contributed by atoms with Crippen molar-refractivity contribution < 1.29 is 14.7 Å². The smallest absolute Gasteiger partial charge is 0.251 e. The van der Waals surface area contributed by atoms with Gasteiger partial charge in [-0.1, -0.05) is 6.92 Å². The molecule has 0 spiro atoms. The Labute approximate surface area is 112 Å². The second-order valence-electron chi connectivity index (χ2n) is 4.87. The van der Waals surface area contributed by atoms with Crippen LogP contribution in [0.2, 0.25) is 0 Å². The van der Waals surface area contributed by atoms with Gasteiger partial charge in [-0.3, -0.25) is 9.59 Å². The van der Waals surface area contributed by atoms with Gasteiger partial charge in [-0.25, -0.2) is 0 Å². The summed E-state index contributed by atoms with van der Waals surface area (Å²) < 4.78 is 0. The van der Waals surface area contributed by atoms with Gasteiger partial charge in [0.25, 0.3) is 5.91 Å². The van der Waals surface area contributed by atoms with Crippen LogP contribution in [0.15, 0.2) is 24.3 Å². The Bertz CT molecular complexity index is 470. The maximum Gasteiger partial charge on any atom is 0.251 e. The van der Waals surface area contributed by atoms with E-state index in [0.29, 0.717) is 17.2 Å². The highest BCUT2D eigenvalue weighted by Crippen LogP contribution is 2.38. The monoisotopic (exact) mass is 262 g/mol. The Morgan fingerprint density at radius 2 is 1.95 bits per heavy atom. The summed E-state index contributed by atoms with van der Waals surface area (Å²) in [7, 11) is 0. The van der Waals surface area contributed by atoms with E-state index in [9.17, 15) is 9.59 Å². The molecule has 1 aromatic carbocycles. The quantitative estimate of drug-likeness (QED) is 0.741. The fourth-order valence-corrected chi connectivity index (χ4v) is 1.90. The number of hydrogen-bond acceptors (Lipinski definition) is 3. The lowest BCUT2D eigenvalue weighted by Crippen LogP contribution is -2.26. The fourth-order valence-electron chi connectivity index (χ4n) is 1.90. The Balaban J connectivity index is 1.90. The minimum atomic E-state index is -0.234. The van der Waals surface area contributed by atoms with E-state index in [1.807, 2.05) is 0 Å². The molecule has 0 saturated heterocycles. The van der Waals surface area contributed by atoms with Gasteiger partial charge in [0, 0.05) is 23.7 Å². The first-order valence-corrected chi connectivity index (χ1v) is 6.42. The van der Waals surface area contributed by atoms with Crippen LogP contribution in [-0.2, 0) is 4.79 Å². The van der Waals surface area contributed by atoms with Crippen molar-refractivity contribution in [1.29, 1.82) is 0 Å². The first kappa shape index (κ1) is 13.5. The highest BCUT2D eigenvalue weighted by atomic mass is 16.3. The number of carbonyl (C=O) groups excluding carboxylic acids is 2. The zero-order valence-corrected chi connectivity index (χ0v) is 10.8. The molecule has 0 radical (unpaired) electrons. The van der Waals surface area contributed by atoms with Crippen molar-refractivity contribution in [2.45, 2.75) is 13.3 Å². The number of benzene rings is 1. The van der Waals surface area contributed by atoms with E-state index < -0.39 is 0 Å². The van der Waals surface area contributed by atoms with Crippen molar-refractivity contribution in [3.63, 3.8) is 0 Å². The lowest BCUT2D eigenvalue weighted by molar-refractivity contribution is -0.117. The van der Waals surface area contributed by atoms with E-state index in [-0.39, 0.29) is 30.9 Å². The number of nitrogens with one attached hydrogen (secondary N) is 2. The van der Waals surface area contributed by atoms with Crippen LogP contribution in [0.5, 0.6) is 0 Å². The summed E-state index contributed by atoms with van der Waals surface area (Å²) in [5.74, 6) is 0.420.